The third kappa shape index (κ3) is 1.70. The van der Waals surface area contributed by atoms with E-state index in [0.717, 1.165) is 36.7 Å². The van der Waals surface area contributed by atoms with E-state index in [0.29, 0.717) is 0 Å². The molecule has 3 rings (SSSR count). The molecule has 1 aromatic carbocycles. The van der Waals surface area contributed by atoms with Crippen LogP contribution in [-0.2, 0) is 13.0 Å². The number of hydrogen-bond donors (Lipinski definition) is 1. The van der Waals surface area contributed by atoms with Crippen molar-refractivity contribution in [3.05, 3.63) is 41.6 Å². The molecule has 88 valence electrons. The van der Waals surface area contributed by atoms with Crippen LogP contribution < -0.4 is 5.73 Å². The Labute approximate surface area is 101 Å². The molecular formula is C13H16N4. The van der Waals surface area contributed by atoms with Crippen molar-refractivity contribution in [1.82, 2.24) is 14.7 Å². The van der Waals surface area contributed by atoms with E-state index in [4.69, 9.17) is 5.73 Å². The highest BCUT2D eigenvalue weighted by Gasteiger charge is 2.21. The van der Waals surface area contributed by atoms with Gasteiger partial charge in [0.25, 0.3) is 0 Å². The Hall–Kier alpha value is -1.81. The number of fused-ring (bicyclic) bond motifs is 1. The number of rotatable bonds is 1. The molecule has 0 fully saturated rings. The van der Waals surface area contributed by atoms with E-state index in [2.05, 4.69) is 17.0 Å². The number of nitrogens with two attached hydrogens (primary N) is 1. The maximum absolute atomic E-state index is 6.18. The van der Waals surface area contributed by atoms with Gasteiger partial charge in [-0.3, -0.25) is 0 Å². The zero-order valence-corrected chi connectivity index (χ0v) is 9.93. The summed E-state index contributed by atoms with van der Waals surface area (Å²) in [5, 5.41) is 4.62. The van der Waals surface area contributed by atoms with Gasteiger partial charge in [0.2, 0.25) is 0 Å². The third-order valence-electron chi connectivity index (χ3n) is 3.27. The summed E-state index contributed by atoms with van der Waals surface area (Å²) in [5.74, 6) is 0.791. The summed E-state index contributed by atoms with van der Waals surface area (Å²) in [5.41, 5.74) is 9.54. The highest BCUT2D eigenvalue weighted by molar-refractivity contribution is 5.50. The molecule has 17 heavy (non-hydrogen) atoms. The highest BCUT2D eigenvalue weighted by atomic mass is 15.3. The summed E-state index contributed by atoms with van der Waals surface area (Å²) in [7, 11) is 2.11. The molecule has 0 bridgehead atoms. The Bertz CT molecular complexity index is 530. The fourth-order valence-electron chi connectivity index (χ4n) is 2.31. The van der Waals surface area contributed by atoms with Crippen molar-refractivity contribution in [1.29, 1.82) is 0 Å². The summed E-state index contributed by atoms with van der Waals surface area (Å²) in [6.45, 7) is 1.94. The number of aromatic nitrogens is 2. The van der Waals surface area contributed by atoms with E-state index in [9.17, 15) is 0 Å². The molecule has 4 nitrogen and oxygen atoms in total. The maximum atomic E-state index is 6.18. The lowest BCUT2D eigenvalue weighted by atomic mass is 10.1. The molecule has 1 aliphatic heterocycles. The van der Waals surface area contributed by atoms with Crippen molar-refractivity contribution < 1.29 is 0 Å². The summed E-state index contributed by atoms with van der Waals surface area (Å²) >= 11 is 0. The number of anilines is 1. The van der Waals surface area contributed by atoms with Crippen LogP contribution in [0.2, 0.25) is 0 Å². The largest absolute Gasteiger partial charge is 0.383 e. The summed E-state index contributed by atoms with van der Waals surface area (Å²) in [4.78, 5) is 2.27. The second-order valence-corrected chi connectivity index (χ2v) is 4.55. The lowest BCUT2D eigenvalue weighted by Crippen LogP contribution is -2.26. The Morgan fingerprint density at radius 2 is 2.00 bits per heavy atom. The van der Waals surface area contributed by atoms with Crippen molar-refractivity contribution in [2.75, 3.05) is 19.3 Å². The van der Waals surface area contributed by atoms with Crippen molar-refractivity contribution in [2.45, 2.75) is 13.0 Å². The van der Waals surface area contributed by atoms with Gasteiger partial charge in [-0.2, -0.15) is 5.10 Å². The van der Waals surface area contributed by atoms with Crippen molar-refractivity contribution in [3.63, 3.8) is 0 Å². The fourth-order valence-corrected chi connectivity index (χ4v) is 2.31. The Kier molecular flexibility index (Phi) is 2.37. The van der Waals surface area contributed by atoms with Gasteiger partial charge in [-0.15, -0.1) is 0 Å². The minimum Gasteiger partial charge on any atom is -0.383 e. The van der Waals surface area contributed by atoms with Crippen LogP contribution in [0.3, 0.4) is 0 Å². The van der Waals surface area contributed by atoms with E-state index < -0.39 is 0 Å². The van der Waals surface area contributed by atoms with Gasteiger partial charge in [-0.05, 0) is 25.6 Å². The van der Waals surface area contributed by atoms with Crippen LogP contribution in [0.4, 0.5) is 5.82 Å². The van der Waals surface area contributed by atoms with Crippen LogP contribution in [0.15, 0.2) is 30.3 Å². The second-order valence-electron chi connectivity index (χ2n) is 4.55. The van der Waals surface area contributed by atoms with Gasteiger partial charge in [-0.1, -0.05) is 18.2 Å². The second kappa shape index (κ2) is 3.89. The Balaban J connectivity index is 2.08. The molecule has 0 atom stereocenters. The molecule has 0 saturated carbocycles. The molecule has 1 aliphatic rings. The molecule has 2 N–H and O–H groups in total. The molecule has 4 heteroatoms. The van der Waals surface area contributed by atoms with Gasteiger partial charge in [0.1, 0.15) is 5.82 Å². The first-order valence-electron chi connectivity index (χ1n) is 5.86. The molecule has 0 spiro atoms. The Morgan fingerprint density at radius 1 is 1.24 bits per heavy atom. The molecule has 0 saturated heterocycles. The van der Waals surface area contributed by atoms with Crippen molar-refractivity contribution >= 4 is 5.82 Å². The fraction of sp³-hybridized carbons (Fsp3) is 0.308. The number of nitrogen functional groups attached to an aromatic ring is 1. The molecule has 0 amide bonds. The monoisotopic (exact) mass is 228 g/mol. The normalized spacial score (nSPS) is 15.8. The minimum absolute atomic E-state index is 0.791. The highest BCUT2D eigenvalue weighted by Crippen LogP contribution is 2.25. The Morgan fingerprint density at radius 3 is 2.76 bits per heavy atom. The van der Waals surface area contributed by atoms with Crippen LogP contribution >= 0.6 is 0 Å². The maximum Gasteiger partial charge on any atom is 0.130 e. The van der Waals surface area contributed by atoms with E-state index in [1.54, 1.807) is 0 Å². The lowest BCUT2D eigenvalue weighted by Gasteiger charge is -2.20. The first kappa shape index (κ1) is 10.4. The van der Waals surface area contributed by atoms with E-state index in [1.807, 2.05) is 35.0 Å². The smallest absolute Gasteiger partial charge is 0.130 e. The van der Waals surface area contributed by atoms with Gasteiger partial charge < -0.3 is 10.6 Å². The average molecular weight is 228 g/mol. The predicted molar refractivity (Wildman–Crippen MR) is 68.0 cm³/mol. The number of nitrogens with zero attached hydrogens (tertiary/aromatic N) is 3. The van der Waals surface area contributed by atoms with E-state index in [-0.39, 0.29) is 0 Å². The number of para-hydroxylation sites is 1. The molecule has 2 heterocycles. The van der Waals surface area contributed by atoms with E-state index >= 15 is 0 Å². The molecular weight excluding hydrogens is 212 g/mol. The average Bonchev–Trinajstić information content (AvgIpc) is 2.67. The van der Waals surface area contributed by atoms with Crippen LogP contribution in [0, 0.1) is 0 Å². The lowest BCUT2D eigenvalue weighted by molar-refractivity contribution is 0.309. The third-order valence-corrected chi connectivity index (χ3v) is 3.27. The van der Waals surface area contributed by atoms with Gasteiger partial charge >= 0.3 is 0 Å². The summed E-state index contributed by atoms with van der Waals surface area (Å²) in [6, 6.07) is 10.1. The van der Waals surface area contributed by atoms with Crippen LogP contribution in [0.25, 0.3) is 5.69 Å². The quantitative estimate of drug-likeness (QED) is 0.803. The molecule has 2 aromatic rings. The summed E-state index contributed by atoms with van der Waals surface area (Å²) in [6.07, 6.45) is 0.991. The zero-order valence-electron chi connectivity index (χ0n) is 9.93. The number of benzene rings is 1. The van der Waals surface area contributed by atoms with Gasteiger partial charge in [0.05, 0.1) is 11.4 Å². The van der Waals surface area contributed by atoms with Crippen molar-refractivity contribution in [2.24, 2.45) is 0 Å². The van der Waals surface area contributed by atoms with Crippen LogP contribution in [0.1, 0.15) is 11.3 Å². The van der Waals surface area contributed by atoms with Crippen LogP contribution in [-0.4, -0.2) is 28.3 Å². The first-order valence-corrected chi connectivity index (χ1v) is 5.86. The number of likely N-dealkylation sites (N-methyl/N-ethyl adjacent to an activating group) is 1. The molecule has 0 radical (unpaired) electrons. The summed E-state index contributed by atoms with van der Waals surface area (Å²) < 4.78 is 1.85. The predicted octanol–water partition coefficient (Wildman–Crippen LogP) is 1.44. The van der Waals surface area contributed by atoms with Gasteiger partial charge in [0.15, 0.2) is 0 Å². The van der Waals surface area contributed by atoms with Gasteiger partial charge in [0, 0.05) is 18.7 Å². The topological polar surface area (TPSA) is 47.1 Å². The zero-order chi connectivity index (χ0) is 11.8. The standard InChI is InChI=1S/C13H16N4/c1-16-8-7-11-12(9-16)15-17(13(11)14)10-5-3-2-4-6-10/h2-6H,7-9,14H2,1H3. The molecule has 1 aromatic heterocycles. The van der Waals surface area contributed by atoms with Crippen LogP contribution in [0.5, 0.6) is 0 Å². The molecule has 0 unspecified atom stereocenters. The van der Waals surface area contributed by atoms with Crippen molar-refractivity contribution in [3.8, 4) is 5.69 Å². The van der Waals surface area contributed by atoms with E-state index in [1.165, 1.54) is 5.56 Å². The number of hydrogen-bond acceptors (Lipinski definition) is 3. The SMILES string of the molecule is CN1CCc2c(nn(-c3ccccc3)c2N)C1. The molecule has 0 aliphatic carbocycles. The first-order chi connectivity index (χ1) is 8.25. The minimum atomic E-state index is 0.791. The van der Waals surface area contributed by atoms with Gasteiger partial charge in [-0.25, -0.2) is 4.68 Å².